The molecule has 182 valence electrons. The van der Waals surface area contributed by atoms with Crippen LogP contribution in [0.25, 0.3) is 0 Å². The van der Waals surface area contributed by atoms with Gasteiger partial charge in [0.05, 0.1) is 32.0 Å². The standard InChI is InChI=1S/C25H40O5S2/c1-15-11-20-25(14-28-23(2,3)30-20)17(13-27-22(31)32-5)7-6-8-18(25)24(15,4)19-12-16-9-10-26-21(16)29-19/h15-21H,6-14H2,1-5H3/t15-,16-,17-,18-,19+,20+,21+,24+,25+/m1/s1. The van der Waals surface area contributed by atoms with Crippen molar-refractivity contribution in [1.29, 1.82) is 0 Å². The minimum Gasteiger partial charge on any atom is -0.478 e. The Bertz CT molecular complexity index is 719. The maximum atomic E-state index is 6.72. The summed E-state index contributed by atoms with van der Waals surface area (Å²) in [7, 11) is 0. The zero-order valence-corrected chi connectivity index (χ0v) is 21.9. The molecular formula is C25H40O5S2. The van der Waals surface area contributed by atoms with Crippen LogP contribution < -0.4 is 0 Å². The van der Waals surface area contributed by atoms with Gasteiger partial charge in [-0.15, -0.1) is 0 Å². The van der Waals surface area contributed by atoms with E-state index in [0.29, 0.717) is 34.7 Å². The van der Waals surface area contributed by atoms with E-state index in [1.54, 1.807) is 0 Å². The van der Waals surface area contributed by atoms with Gasteiger partial charge in [0, 0.05) is 22.7 Å². The highest BCUT2D eigenvalue weighted by Gasteiger charge is 2.68. The van der Waals surface area contributed by atoms with Crippen LogP contribution in [0.2, 0.25) is 0 Å². The molecule has 2 saturated carbocycles. The molecule has 0 aromatic carbocycles. The maximum Gasteiger partial charge on any atom is 0.219 e. The molecule has 0 unspecified atom stereocenters. The number of ether oxygens (including phenoxy) is 5. The minimum atomic E-state index is -0.542. The Labute approximate surface area is 203 Å². The number of thioether (sulfide) groups is 1. The zero-order chi connectivity index (χ0) is 22.7. The van der Waals surface area contributed by atoms with Gasteiger partial charge in [-0.05, 0) is 76.3 Å². The highest BCUT2D eigenvalue weighted by molar-refractivity contribution is 8.22. The third-order valence-electron chi connectivity index (χ3n) is 9.76. The molecule has 0 aromatic rings. The highest BCUT2D eigenvalue weighted by atomic mass is 32.2. The number of hydrogen-bond acceptors (Lipinski definition) is 7. The lowest BCUT2D eigenvalue weighted by Crippen LogP contribution is -2.70. The maximum absolute atomic E-state index is 6.72. The molecule has 0 N–H and O–H groups in total. The molecule has 9 atom stereocenters. The predicted octanol–water partition coefficient (Wildman–Crippen LogP) is 5.40. The quantitative estimate of drug-likeness (QED) is 0.497. The average molecular weight is 485 g/mol. The topological polar surface area (TPSA) is 46.2 Å². The van der Waals surface area contributed by atoms with Crippen molar-refractivity contribution in [3.05, 3.63) is 0 Å². The average Bonchev–Trinajstić information content (AvgIpc) is 3.36. The van der Waals surface area contributed by atoms with Crippen molar-refractivity contribution in [2.75, 3.05) is 26.1 Å². The van der Waals surface area contributed by atoms with Gasteiger partial charge >= 0.3 is 0 Å². The summed E-state index contributed by atoms with van der Waals surface area (Å²) in [6, 6.07) is 0. The van der Waals surface area contributed by atoms with E-state index in [9.17, 15) is 0 Å². The summed E-state index contributed by atoms with van der Waals surface area (Å²) >= 11 is 6.90. The Kier molecular flexibility index (Phi) is 6.42. The molecule has 5 aliphatic rings. The van der Waals surface area contributed by atoms with E-state index >= 15 is 0 Å². The molecule has 3 heterocycles. The second kappa shape index (κ2) is 8.63. The first-order chi connectivity index (χ1) is 15.2. The number of fused-ring (bicyclic) bond motifs is 1. The number of hydrogen-bond donors (Lipinski definition) is 0. The Balaban J connectivity index is 1.50. The van der Waals surface area contributed by atoms with E-state index < -0.39 is 5.79 Å². The molecule has 0 amide bonds. The van der Waals surface area contributed by atoms with E-state index in [0.717, 1.165) is 38.9 Å². The summed E-state index contributed by atoms with van der Waals surface area (Å²) in [6.45, 7) is 11.3. The second-order valence-corrected chi connectivity index (χ2v) is 12.9. The van der Waals surface area contributed by atoms with Crippen molar-refractivity contribution in [1.82, 2.24) is 0 Å². The van der Waals surface area contributed by atoms with Crippen molar-refractivity contribution >= 4 is 28.4 Å². The zero-order valence-electron chi connectivity index (χ0n) is 20.3. The summed E-state index contributed by atoms with van der Waals surface area (Å²) in [4.78, 5) is 0. The van der Waals surface area contributed by atoms with Crippen LogP contribution >= 0.6 is 24.0 Å². The summed E-state index contributed by atoms with van der Waals surface area (Å²) in [5, 5.41) is 0. The first kappa shape index (κ1) is 23.8. The molecule has 3 aliphatic heterocycles. The Morgan fingerprint density at radius 1 is 1.12 bits per heavy atom. The third kappa shape index (κ3) is 3.69. The van der Waals surface area contributed by atoms with Crippen LogP contribution in [-0.4, -0.2) is 54.7 Å². The molecular weight excluding hydrogens is 444 g/mol. The van der Waals surface area contributed by atoms with Gasteiger partial charge in [0.2, 0.25) is 4.38 Å². The van der Waals surface area contributed by atoms with E-state index in [2.05, 4.69) is 27.7 Å². The van der Waals surface area contributed by atoms with Crippen LogP contribution in [0.4, 0.5) is 0 Å². The van der Waals surface area contributed by atoms with Crippen molar-refractivity contribution in [3.63, 3.8) is 0 Å². The molecule has 32 heavy (non-hydrogen) atoms. The van der Waals surface area contributed by atoms with Crippen LogP contribution in [0.1, 0.15) is 66.2 Å². The molecule has 1 spiro atoms. The Morgan fingerprint density at radius 3 is 2.69 bits per heavy atom. The lowest BCUT2D eigenvalue weighted by atomic mass is 9.42. The molecule has 0 bridgehead atoms. The van der Waals surface area contributed by atoms with E-state index in [-0.39, 0.29) is 29.3 Å². The minimum absolute atomic E-state index is 0.00263. The normalized spacial score (nSPS) is 49.7. The monoisotopic (exact) mass is 484 g/mol. The number of rotatable bonds is 3. The van der Waals surface area contributed by atoms with E-state index in [1.165, 1.54) is 24.6 Å². The Hall–Kier alpha value is 0.0800. The van der Waals surface area contributed by atoms with Crippen LogP contribution in [-0.2, 0) is 23.7 Å². The van der Waals surface area contributed by atoms with Crippen molar-refractivity contribution in [2.45, 2.75) is 90.5 Å². The lowest BCUT2D eigenvalue weighted by Gasteiger charge is -2.67. The van der Waals surface area contributed by atoms with Gasteiger partial charge in [0.25, 0.3) is 0 Å². The SMILES string of the molecule is CSC(=S)OC[C@H]1CCC[C@@H]2[C@@](C)([C@@H]3C[C@H]4CCO[C@H]4O3)[C@H](C)C[C@@H]3OC(C)(C)OC[C@@]132. The molecule has 5 rings (SSSR count). The van der Waals surface area contributed by atoms with Crippen LogP contribution in [0.5, 0.6) is 0 Å². The van der Waals surface area contributed by atoms with Crippen LogP contribution in [0.3, 0.4) is 0 Å². The molecule has 3 saturated heterocycles. The fraction of sp³-hybridized carbons (Fsp3) is 0.960. The summed E-state index contributed by atoms with van der Waals surface area (Å²) in [5.41, 5.74) is 0.00204. The fourth-order valence-electron chi connectivity index (χ4n) is 7.94. The summed E-state index contributed by atoms with van der Waals surface area (Å²) in [6.07, 6.45) is 9.23. The van der Waals surface area contributed by atoms with Gasteiger partial charge in [0.15, 0.2) is 12.1 Å². The molecule has 7 heteroatoms. The van der Waals surface area contributed by atoms with Gasteiger partial charge < -0.3 is 23.7 Å². The van der Waals surface area contributed by atoms with Gasteiger partial charge in [0.1, 0.15) is 0 Å². The van der Waals surface area contributed by atoms with Gasteiger partial charge in [-0.3, -0.25) is 0 Å². The molecule has 5 fully saturated rings. The molecule has 0 radical (unpaired) electrons. The highest BCUT2D eigenvalue weighted by Crippen LogP contribution is 2.67. The van der Waals surface area contributed by atoms with Crippen molar-refractivity contribution < 1.29 is 23.7 Å². The van der Waals surface area contributed by atoms with Crippen molar-refractivity contribution in [3.8, 4) is 0 Å². The van der Waals surface area contributed by atoms with Crippen LogP contribution in [0, 0.1) is 34.5 Å². The van der Waals surface area contributed by atoms with Crippen molar-refractivity contribution in [2.24, 2.45) is 34.5 Å². The third-order valence-corrected chi connectivity index (χ3v) is 10.8. The van der Waals surface area contributed by atoms with E-state index in [1.807, 2.05) is 6.26 Å². The van der Waals surface area contributed by atoms with E-state index in [4.69, 9.17) is 35.9 Å². The molecule has 0 aromatic heterocycles. The molecule has 2 aliphatic carbocycles. The van der Waals surface area contributed by atoms with Crippen LogP contribution in [0.15, 0.2) is 0 Å². The van der Waals surface area contributed by atoms with Gasteiger partial charge in [-0.1, -0.05) is 32.0 Å². The Morgan fingerprint density at radius 2 is 1.94 bits per heavy atom. The summed E-state index contributed by atoms with van der Waals surface area (Å²) in [5.74, 6) is 1.36. The summed E-state index contributed by atoms with van der Waals surface area (Å²) < 4.78 is 32.5. The lowest BCUT2D eigenvalue weighted by molar-refractivity contribution is -0.372. The first-order valence-electron chi connectivity index (χ1n) is 12.5. The largest absolute Gasteiger partial charge is 0.478 e. The fourth-order valence-corrected chi connectivity index (χ4v) is 8.19. The molecule has 5 nitrogen and oxygen atoms in total. The predicted molar refractivity (Wildman–Crippen MR) is 129 cm³/mol. The van der Waals surface area contributed by atoms with Gasteiger partial charge in [-0.25, -0.2) is 0 Å². The number of thiocarbonyl (C=S) groups is 1. The first-order valence-corrected chi connectivity index (χ1v) is 14.1. The second-order valence-electron chi connectivity index (χ2n) is 11.5. The smallest absolute Gasteiger partial charge is 0.219 e. The van der Waals surface area contributed by atoms with Gasteiger partial charge in [-0.2, -0.15) is 0 Å².